The van der Waals surface area contributed by atoms with Crippen LogP contribution in [0.15, 0.2) is 59.1 Å². The van der Waals surface area contributed by atoms with Crippen LogP contribution in [0.5, 0.6) is 0 Å². The highest BCUT2D eigenvalue weighted by molar-refractivity contribution is 9.10. The highest BCUT2D eigenvalue weighted by atomic mass is 79.9. The van der Waals surface area contributed by atoms with Crippen LogP contribution in [0.1, 0.15) is 0 Å². The van der Waals surface area contributed by atoms with E-state index in [0.29, 0.717) is 0 Å². The summed E-state index contributed by atoms with van der Waals surface area (Å²) >= 11 is 5.56. The van der Waals surface area contributed by atoms with Crippen molar-refractivity contribution in [2.75, 3.05) is 0 Å². The smallest absolute Gasteiger partial charge is 0.0445 e. The van der Waals surface area contributed by atoms with Gasteiger partial charge in [-0.15, -0.1) is 11.3 Å². The average molecular weight is 313 g/mol. The minimum absolute atomic E-state index is 1.18. The molecule has 0 fully saturated rings. The van der Waals surface area contributed by atoms with Gasteiger partial charge >= 0.3 is 0 Å². The third kappa shape index (κ3) is 1.36. The molecule has 0 bridgehead atoms. The molecule has 0 spiro atoms. The van der Waals surface area contributed by atoms with Crippen LogP contribution in [0.2, 0.25) is 0 Å². The zero-order valence-electron chi connectivity index (χ0n) is 9.48. The Morgan fingerprint density at radius 1 is 0.778 bits per heavy atom. The van der Waals surface area contributed by atoms with Gasteiger partial charge < -0.3 is 0 Å². The number of halogens is 1. The molecule has 0 atom stereocenters. The molecule has 2 heteroatoms. The van der Waals surface area contributed by atoms with Crippen molar-refractivity contribution < 1.29 is 0 Å². The van der Waals surface area contributed by atoms with Gasteiger partial charge in [0.1, 0.15) is 0 Å². The molecule has 18 heavy (non-hydrogen) atoms. The summed E-state index contributed by atoms with van der Waals surface area (Å²) in [4.78, 5) is 0. The van der Waals surface area contributed by atoms with Crippen molar-refractivity contribution in [1.29, 1.82) is 0 Å². The van der Waals surface area contributed by atoms with Crippen molar-refractivity contribution in [3.05, 3.63) is 59.1 Å². The summed E-state index contributed by atoms with van der Waals surface area (Å²) in [6.45, 7) is 0. The Labute approximate surface area is 117 Å². The zero-order chi connectivity index (χ0) is 12.1. The van der Waals surface area contributed by atoms with E-state index in [1.165, 1.54) is 35.4 Å². The molecular formula is C16H9BrS. The molecule has 0 aliphatic heterocycles. The van der Waals surface area contributed by atoms with Gasteiger partial charge in [-0.1, -0.05) is 58.4 Å². The lowest BCUT2D eigenvalue weighted by atomic mass is 10.1. The van der Waals surface area contributed by atoms with E-state index in [2.05, 4.69) is 70.5 Å². The highest BCUT2D eigenvalue weighted by Crippen LogP contribution is 2.40. The van der Waals surface area contributed by atoms with Crippen molar-refractivity contribution in [3.8, 4) is 0 Å². The van der Waals surface area contributed by atoms with E-state index in [4.69, 9.17) is 0 Å². The van der Waals surface area contributed by atoms with E-state index in [1.54, 1.807) is 0 Å². The van der Waals surface area contributed by atoms with Gasteiger partial charge in [0.2, 0.25) is 0 Å². The SMILES string of the molecule is Brc1cccc2ccc3c4ccccc4sc3c12. The van der Waals surface area contributed by atoms with Crippen molar-refractivity contribution in [2.24, 2.45) is 0 Å². The van der Waals surface area contributed by atoms with Gasteiger partial charge in [-0.05, 0) is 17.5 Å². The van der Waals surface area contributed by atoms with Crippen molar-refractivity contribution >= 4 is 58.2 Å². The minimum atomic E-state index is 1.18. The zero-order valence-corrected chi connectivity index (χ0v) is 11.9. The molecule has 0 radical (unpaired) electrons. The number of hydrogen-bond donors (Lipinski definition) is 0. The number of thiophene rings is 1. The molecule has 1 aromatic heterocycles. The first kappa shape index (κ1) is 10.5. The Balaban J connectivity index is 2.35. The lowest BCUT2D eigenvalue weighted by Gasteiger charge is -2.01. The molecule has 3 aromatic carbocycles. The van der Waals surface area contributed by atoms with Crippen LogP contribution < -0.4 is 0 Å². The van der Waals surface area contributed by atoms with Crippen LogP contribution in [0.3, 0.4) is 0 Å². The van der Waals surface area contributed by atoms with Crippen molar-refractivity contribution in [2.45, 2.75) is 0 Å². The second-order valence-corrected chi connectivity index (χ2v) is 6.28. The van der Waals surface area contributed by atoms with E-state index >= 15 is 0 Å². The summed E-state index contributed by atoms with van der Waals surface area (Å²) < 4.78 is 3.91. The second kappa shape index (κ2) is 3.81. The predicted octanol–water partition coefficient (Wildman–Crippen LogP) is 5.97. The number of hydrogen-bond acceptors (Lipinski definition) is 1. The van der Waals surface area contributed by atoms with Gasteiger partial charge in [-0.25, -0.2) is 0 Å². The van der Waals surface area contributed by atoms with E-state index in [0.717, 1.165) is 0 Å². The number of benzene rings is 3. The number of fused-ring (bicyclic) bond motifs is 5. The molecule has 0 nitrogen and oxygen atoms in total. The Kier molecular flexibility index (Phi) is 2.23. The first-order chi connectivity index (χ1) is 8.84. The molecule has 4 rings (SSSR count). The van der Waals surface area contributed by atoms with E-state index in [9.17, 15) is 0 Å². The molecule has 0 saturated heterocycles. The van der Waals surface area contributed by atoms with Gasteiger partial charge in [0.25, 0.3) is 0 Å². The highest BCUT2D eigenvalue weighted by Gasteiger charge is 2.09. The number of rotatable bonds is 0. The van der Waals surface area contributed by atoms with Gasteiger partial charge in [-0.2, -0.15) is 0 Å². The molecule has 0 N–H and O–H groups in total. The Morgan fingerprint density at radius 3 is 2.61 bits per heavy atom. The van der Waals surface area contributed by atoms with Gasteiger partial charge in [-0.3, -0.25) is 0 Å². The van der Waals surface area contributed by atoms with Gasteiger partial charge in [0.15, 0.2) is 0 Å². The molecule has 0 unspecified atom stereocenters. The fraction of sp³-hybridized carbons (Fsp3) is 0. The van der Waals surface area contributed by atoms with Crippen LogP contribution in [0.25, 0.3) is 30.9 Å². The molecule has 0 saturated carbocycles. The first-order valence-corrected chi connectivity index (χ1v) is 7.44. The van der Waals surface area contributed by atoms with Crippen LogP contribution in [-0.2, 0) is 0 Å². The third-order valence-corrected chi connectivity index (χ3v) is 5.20. The summed E-state index contributed by atoms with van der Waals surface area (Å²) in [6, 6.07) is 19.4. The van der Waals surface area contributed by atoms with Crippen LogP contribution in [0.4, 0.5) is 0 Å². The van der Waals surface area contributed by atoms with Crippen molar-refractivity contribution in [3.63, 3.8) is 0 Å². The van der Waals surface area contributed by atoms with Gasteiger partial charge in [0, 0.05) is 30.0 Å². The quantitative estimate of drug-likeness (QED) is 0.375. The topological polar surface area (TPSA) is 0 Å². The summed E-state index contributed by atoms with van der Waals surface area (Å²) in [5.41, 5.74) is 0. The van der Waals surface area contributed by atoms with Crippen LogP contribution in [0, 0.1) is 0 Å². The standard InChI is InChI=1S/C16H9BrS/c17-13-6-3-4-10-8-9-12-11-5-1-2-7-14(11)18-16(12)15(10)13/h1-9H. The normalized spacial score (nSPS) is 11.6. The minimum Gasteiger partial charge on any atom is -0.134 e. The Hall–Kier alpha value is -1.38. The monoisotopic (exact) mass is 312 g/mol. The summed E-state index contributed by atoms with van der Waals surface area (Å²) in [5.74, 6) is 0. The van der Waals surface area contributed by atoms with Crippen LogP contribution >= 0.6 is 27.3 Å². The lowest BCUT2D eigenvalue weighted by Crippen LogP contribution is -1.74. The largest absolute Gasteiger partial charge is 0.134 e. The molecule has 0 aliphatic rings. The fourth-order valence-electron chi connectivity index (χ4n) is 2.51. The van der Waals surface area contributed by atoms with E-state index in [1.807, 2.05) is 11.3 Å². The Morgan fingerprint density at radius 2 is 1.67 bits per heavy atom. The molecule has 0 aliphatic carbocycles. The first-order valence-electron chi connectivity index (χ1n) is 5.83. The maximum absolute atomic E-state index is 3.68. The average Bonchev–Trinajstić information content (AvgIpc) is 2.77. The van der Waals surface area contributed by atoms with E-state index in [-0.39, 0.29) is 0 Å². The summed E-state index contributed by atoms with van der Waals surface area (Å²) in [6.07, 6.45) is 0. The molecule has 86 valence electrons. The van der Waals surface area contributed by atoms with Crippen LogP contribution in [-0.4, -0.2) is 0 Å². The van der Waals surface area contributed by atoms with Gasteiger partial charge in [0.05, 0.1) is 0 Å². The molecule has 1 heterocycles. The molecule has 4 aromatic rings. The molecule has 0 amide bonds. The third-order valence-electron chi connectivity index (χ3n) is 3.34. The lowest BCUT2D eigenvalue weighted by molar-refractivity contribution is 1.76. The summed E-state index contributed by atoms with van der Waals surface area (Å²) in [5, 5.41) is 5.34. The maximum atomic E-state index is 3.68. The molecular weight excluding hydrogens is 304 g/mol. The Bertz CT molecular complexity index is 889. The maximum Gasteiger partial charge on any atom is 0.0445 e. The van der Waals surface area contributed by atoms with Crippen molar-refractivity contribution in [1.82, 2.24) is 0 Å². The predicted molar refractivity (Wildman–Crippen MR) is 84.5 cm³/mol. The fourth-order valence-corrected chi connectivity index (χ4v) is 4.49. The van der Waals surface area contributed by atoms with E-state index < -0.39 is 0 Å². The summed E-state index contributed by atoms with van der Waals surface area (Å²) in [7, 11) is 0. The second-order valence-electron chi connectivity index (χ2n) is 4.38.